The van der Waals surface area contributed by atoms with Gasteiger partial charge in [0.15, 0.2) is 0 Å². The number of nitrogens with one attached hydrogen (secondary N) is 1. The van der Waals surface area contributed by atoms with Gasteiger partial charge in [0.25, 0.3) is 5.91 Å². The Morgan fingerprint density at radius 2 is 1.97 bits per heavy atom. The molecule has 0 aliphatic carbocycles. The van der Waals surface area contributed by atoms with Crippen LogP contribution in [-0.2, 0) is 0 Å². The van der Waals surface area contributed by atoms with E-state index in [2.05, 4.69) is 16.1 Å². The Labute approximate surface area is 174 Å². The number of hydrogen-bond acceptors (Lipinski definition) is 3. The van der Waals surface area contributed by atoms with Gasteiger partial charge in [0.05, 0.1) is 5.69 Å². The van der Waals surface area contributed by atoms with Gasteiger partial charge in [-0.25, -0.2) is 0 Å². The Bertz CT molecular complexity index is 1050. The van der Waals surface area contributed by atoms with E-state index >= 15 is 0 Å². The molecule has 5 nitrogen and oxygen atoms in total. The minimum absolute atomic E-state index is 0.391. The van der Waals surface area contributed by atoms with E-state index in [1.807, 2.05) is 12.1 Å². The number of rotatable bonds is 3. The van der Waals surface area contributed by atoms with E-state index in [1.54, 1.807) is 30.3 Å². The van der Waals surface area contributed by atoms with Crippen molar-refractivity contribution in [3.05, 3.63) is 64.8 Å². The van der Waals surface area contributed by atoms with Crippen LogP contribution in [0.2, 0.25) is 5.02 Å². The number of carbonyl (C=O) groups is 1. The van der Waals surface area contributed by atoms with Crippen molar-refractivity contribution >= 4 is 34.1 Å². The third kappa shape index (κ3) is 3.44. The van der Waals surface area contributed by atoms with Crippen molar-refractivity contribution in [3.8, 4) is 0 Å². The Kier molecular flexibility index (Phi) is 4.82. The highest BCUT2D eigenvalue weighted by Crippen LogP contribution is 2.39. The number of nitrogens with zero attached hydrogens (tertiary/aromatic N) is 2. The van der Waals surface area contributed by atoms with Crippen LogP contribution in [0.1, 0.15) is 47.5 Å². The number of halogens is 1. The molecule has 3 heterocycles. The largest absolute Gasteiger partial charge is 0.361 e. The molecule has 0 spiro atoms. The highest BCUT2D eigenvalue weighted by molar-refractivity contribution is 6.30. The summed E-state index contributed by atoms with van der Waals surface area (Å²) in [6, 6.07) is 12.8. The van der Waals surface area contributed by atoms with Crippen molar-refractivity contribution < 1.29 is 10.0 Å². The van der Waals surface area contributed by atoms with Crippen LogP contribution in [0.4, 0.5) is 5.69 Å². The maximum Gasteiger partial charge on any atom is 0.282 e. The Hall–Kier alpha value is -2.34. The second kappa shape index (κ2) is 7.48. The zero-order chi connectivity index (χ0) is 20.0. The molecule has 2 aliphatic rings. The highest BCUT2D eigenvalue weighted by Gasteiger charge is 2.33. The lowest BCUT2D eigenvalue weighted by atomic mass is 9.85. The van der Waals surface area contributed by atoms with E-state index in [1.165, 1.54) is 31.4 Å². The van der Waals surface area contributed by atoms with Gasteiger partial charge in [-0.05, 0) is 92.7 Å². The number of aromatic nitrogens is 1. The first-order valence-electron chi connectivity index (χ1n) is 10.2. The maximum absolute atomic E-state index is 12.9. The van der Waals surface area contributed by atoms with Gasteiger partial charge in [-0.15, -0.1) is 0 Å². The second-order valence-corrected chi connectivity index (χ2v) is 8.59. The monoisotopic (exact) mass is 409 g/mol. The molecule has 2 aromatic carbocycles. The summed E-state index contributed by atoms with van der Waals surface area (Å²) in [6.45, 7) is 2.39. The van der Waals surface area contributed by atoms with Crippen molar-refractivity contribution in [2.75, 3.05) is 18.2 Å². The number of anilines is 1. The summed E-state index contributed by atoms with van der Waals surface area (Å²) in [5.74, 6) is 0.0573. The van der Waals surface area contributed by atoms with Gasteiger partial charge in [0, 0.05) is 33.7 Å². The molecule has 5 rings (SSSR count). The van der Waals surface area contributed by atoms with Crippen LogP contribution in [0.25, 0.3) is 10.9 Å². The first-order chi connectivity index (χ1) is 14.1. The van der Waals surface area contributed by atoms with E-state index < -0.39 is 5.91 Å². The molecule has 1 amide bonds. The van der Waals surface area contributed by atoms with Crippen LogP contribution in [-0.4, -0.2) is 40.1 Å². The quantitative estimate of drug-likeness (QED) is 0.461. The fraction of sp³-hybridized carbons (Fsp3) is 0.348. The molecular formula is C23H24ClN3O2. The van der Waals surface area contributed by atoms with Crippen molar-refractivity contribution in [1.29, 1.82) is 0 Å². The number of piperidine rings is 1. The van der Waals surface area contributed by atoms with Crippen molar-refractivity contribution in [1.82, 2.24) is 9.88 Å². The molecule has 6 heteroatoms. The van der Waals surface area contributed by atoms with Crippen LogP contribution in [0, 0.1) is 0 Å². The van der Waals surface area contributed by atoms with E-state index in [0.717, 1.165) is 23.9 Å². The number of amides is 1. The lowest BCUT2D eigenvalue weighted by Gasteiger charge is -2.34. The van der Waals surface area contributed by atoms with E-state index in [4.69, 9.17) is 11.6 Å². The predicted octanol–water partition coefficient (Wildman–Crippen LogP) is 5.20. The Balaban J connectivity index is 1.43. The molecule has 29 heavy (non-hydrogen) atoms. The fourth-order valence-electron chi connectivity index (χ4n) is 4.94. The van der Waals surface area contributed by atoms with Crippen molar-refractivity contribution in [2.24, 2.45) is 0 Å². The minimum atomic E-state index is -0.452. The Morgan fingerprint density at radius 3 is 2.79 bits per heavy atom. The highest BCUT2D eigenvalue weighted by atomic mass is 35.5. The average molecular weight is 410 g/mol. The topological polar surface area (TPSA) is 59.6 Å². The molecule has 3 aromatic rings. The molecule has 2 unspecified atom stereocenters. The number of benzene rings is 2. The molecule has 0 radical (unpaired) electrons. The third-order valence-corrected chi connectivity index (χ3v) is 6.74. The van der Waals surface area contributed by atoms with Gasteiger partial charge in [0.1, 0.15) is 0 Å². The molecule has 2 atom stereocenters. The van der Waals surface area contributed by atoms with Gasteiger partial charge < -0.3 is 9.88 Å². The number of fused-ring (bicyclic) bond motifs is 2. The van der Waals surface area contributed by atoms with Crippen molar-refractivity contribution in [3.63, 3.8) is 0 Å². The summed E-state index contributed by atoms with van der Waals surface area (Å²) in [5.41, 5.74) is 3.18. The summed E-state index contributed by atoms with van der Waals surface area (Å²) >= 11 is 5.90. The lowest BCUT2D eigenvalue weighted by Crippen LogP contribution is -2.37. The van der Waals surface area contributed by atoms with Gasteiger partial charge in [-0.3, -0.25) is 10.0 Å². The molecule has 1 aromatic heterocycles. The first-order valence-corrected chi connectivity index (χ1v) is 10.6. The Morgan fingerprint density at radius 1 is 1.14 bits per heavy atom. The van der Waals surface area contributed by atoms with Gasteiger partial charge in [-0.1, -0.05) is 11.6 Å². The molecule has 2 saturated heterocycles. The zero-order valence-corrected chi connectivity index (χ0v) is 16.9. The summed E-state index contributed by atoms with van der Waals surface area (Å²) < 4.78 is 0. The van der Waals surface area contributed by atoms with Crippen LogP contribution in [0.15, 0.2) is 48.7 Å². The first kappa shape index (κ1) is 18.7. The summed E-state index contributed by atoms with van der Waals surface area (Å²) in [4.78, 5) is 18.8. The van der Waals surface area contributed by atoms with Gasteiger partial charge in [0.2, 0.25) is 0 Å². The minimum Gasteiger partial charge on any atom is -0.361 e. The number of carbonyl (C=O) groups excluding carboxylic acids is 1. The molecule has 0 saturated carbocycles. The van der Waals surface area contributed by atoms with Crippen LogP contribution >= 0.6 is 11.6 Å². The SMILES string of the molecule is O=C(c1ccc2[nH]cc(C3CCN4CCCC4C3)c2c1)N(O)c1ccc(Cl)cc1. The molecular weight excluding hydrogens is 386 g/mol. The number of hydrogen-bond donors (Lipinski definition) is 2. The maximum atomic E-state index is 12.9. The normalized spacial score (nSPS) is 22.0. The summed E-state index contributed by atoms with van der Waals surface area (Å²) in [5, 5.41) is 12.7. The number of H-pyrrole nitrogens is 1. The lowest BCUT2D eigenvalue weighted by molar-refractivity contribution is 0.0855. The molecule has 150 valence electrons. The standard InChI is InChI=1S/C23H24ClN3O2/c24-17-4-6-18(7-5-17)27(29)23(28)16-3-8-22-20(13-16)21(14-25-22)15-9-11-26-10-1-2-19(26)12-15/h3-8,13-15,19,25,29H,1-2,9-12H2. The fourth-order valence-corrected chi connectivity index (χ4v) is 5.07. The van der Waals surface area contributed by atoms with Crippen LogP contribution in [0.3, 0.4) is 0 Å². The van der Waals surface area contributed by atoms with Gasteiger partial charge in [-0.2, -0.15) is 5.06 Å². The van der Waals surface area contributed by atoms with E-state index in [9.17, 15) is 10.0 Å². The van der Waals surface area contributed by atoms with Crippen LogP contribution in [0.5, 0.6) is 0 Å². The average Bonchev–Trinajstić information content (AvgIpc) is 3.39. The molecule has 2 N–H and O–H groups in total. The predicted molar refractivity (Wildman–Crippen MR) is 115 cm³/mol. The molecule has 0 bridgehead atoms. The summed E-state index contributed by atoms with van der Waals surface area (Å²) in [6.07, 6.45) is 7.04. The zero-order valence-electron chi connectivity index (χ0n) is 16.1. The second-order valence-electron chi connectivity index (χ2n) is 8.15. The van der Waals surface area contributed by atoms with Crippen molar-refractivity contribution in [2.45, 2.75) is 37.6 Å². The number of hydroxylamine groups is 1. The third-order valence-electron chi connectivity index (χ3n) is 6.48. The molecule has 2 fully saturated rings. The summed E-state index contributed by atoms with van der Waals surface area (Å²) in [7, 11) is 0. The number of aromatic amines is 1. The molecule has 2 aliphatic heterocycles. The van der Waals surface area contributed by atoms with Crippen LogP contribution < -0.4 is 5.06 Å². The smallest absolute Gasteiger partial charge is 0.282 e. The van der Waals surface area contributed by atoms with E-state index in [-0.39, 0.29) is 0 Å². The van der Waals surface area contributed by atoms with Gasteiger partial charge >= 0.3 is 0 Å². The van der Waals surface area contributed by atoms with E-state index in [0.29, 0.717) is 33.3 Å².